The lowest BCUT2D eigenvalue weighted by Gasteiger charge is -2.16. The third-order valence-electron chi connectivity index (χ3n) is 2.84. The molecule has 0 aliphatic rings. The van der Waals surface area contributed by atoms with Crippen LogP contribution < -0.4 is 16.0 Å². The van der Waals surface area contributed by atoms with Crippen LogP contribution in [-0.4, -0.2) is 16.6 Å². The highest BCUT2D eigenvalue weighted by molar-refractivity contribution is 5.27. The molecule has 0 aromatic carbocycles. The first kappa shape index (κ1) is 13.5. The number of aromatic nitrogens is 2. The van der Waals surface area contributed by atoms with Gasteiger partial charge in [-0.15, -0.1) is 0 Å². The first-order chi connectivity index (χ1) is 9.33. The van der Waals surface area contributed by atoms with Gasteiger partial charge in [0.05, 0.1) is 18.8 Å². The fraction of sp³-hybridized carbons (Fsp3) is 0.286. The van der Waals surface area contributed by atoms with Gasteiger partial charge in [0, 0.05) is 18.6 Å². The van der Waals surface area contributed by atoms with Gasteiger partial charge in [-0.1, -0.05) is 0 Å². The Kier molecular flexibility index (Phi) is 4.83. The van der Waals surface area contributed by atoms with E-state index in [0.29, 0.717) is 6.61 Å². The molecule has 0 spiro atoms. The van der Waals surface area contributed by atoms with Gasteiger partial charge in [-0.05, 0) is 42.7 Å². The molecule has 0 saturated carbocycles. The van der Waals surface area contributed by atoms with Crippen LogP contribution in [0.25, 0.3) is 0 Å². The second-order valence-corrected chi connectivity index (χ2v) is 4.17. The van der Waals surface area contributed by atoms with Crippen molar-refractivity contribution >= 4 is 0 Å². The monoisotopic (exact) mass is 258 g/mol. The molecule has 0 radical (unpaired) electrons. The predicted molar refractivity (Wildman–Crippen MR) is 73.4 cm³/mol. The first-order valence-corrected chi connectivity index (χ1v) is 6.26. The Bertz CT molecular complexity index is 504. The molecule has 3 N–H and O–H groups in total. The van der Waals surface area contributed by atoms with Crippen LogP contribution in [0.3, 0.4) is 0 Å². The van der Waals surface area contributed by atoms with Crippen molar-refractivity contribution in [3.05, 3.63) is 54.1 Å². The number of pyridine rings is 2. The number of nitrogens with two attached hydrogens (primary N) is 1. The molecule has 2 heterocycles. The van der Waals surface area contributed by atoms with Crippen molar-refractivity contribution in [2.24, 2.45) is 5.84 Å². The largest absolute Gasteiger partial charge is 0.492 e. The number of nitrogens with zero attached hydrogens (tertiary/aromatic N) is 2. The molecule has 0 bridgehead atoms. The van der Waals surface area contributed by atoms with Crippen molar-refractivity contribution in [2.75, 3.05) is 6.61 Å². The number of hydrogen-bond donors (Lipinski definition) is 2. The smallest absolute Gasteiger partial charge is 0.137 e. The number of hydrazine groups is 1. The van der Waals surface area contributed by atoms with Crippen molar-refractivity contribution in [1.29, 1.82) is 0 Å². The Morgan fingerprint density at radius 1 is 1.26 bits per heavy atom. The first-order valence-electron chi connectivity index (χ1n) is 6.26. The molecule has 0 saturated heterocycles. The lowest BCUT2D eigenvalue weighted by molar-refractivity contribution is 0.338. The molecule has 0 aliphatic carbocycles. The van der Waals surface area contributed by atoms with Gasteiger partial charge in [-0.25, -0.2) is 0 Å². The summed E-state index contributed by atoms with van der Waals surface area (Å²) in [4.78, 5) is 8.19. The van der Waals surface area contributed by atoms with Crippen LogP contribution >= 0.6 is 0 Å². The van der Waals surface area contributed by atoms with E-state index in [2.05, 4.69) is 15.4 Å². The molecule has 19 heavy (non-hydrogen) atoms. The van der Waals surface area contributed by atoms with Crippen molar-refractivity contribution < 1.29 is 4.74 Å². The number of ether oxygens (including phenoxy) is 1. The molecular weight excluding hydrogens is 240 g/mol. The summed E-state index contributed by atoms with van der Waals surface area (Å²) in [6, 6.07) is 5.91. The lowest BCUT2D eigenvalue weighted by Crippen LogP contribution is -2.29. The molecule has 100 valence electrons. The van der Waals surface area contributed by atoms with Crippen LogP contribution in [0.5, 0.6) is 5.75 Å². The van der Waals surface area contributed by atoms with Gasteiger partial charge >= 0.3 is 0 Å². The van der Waals surface area contributed by atoms with Crippen LogP contribution in [0, 0.1) is 0 Å². The van der Waals surface area contributed by atoms with Crippen molar-refractivity contribution in [3.63, 3.8) is 0 Å². The van der Waals surface area contributed by atoms with E-state index < -0.39 is 0 Å². The summed E-state index contributed by atoms with van der Waals surface area (Å²) >= 11 is 0. The van der Waals surface area contributed by atoms with Crippen molar-refractivity contribution in [2.45, 2.75) is 19.4 Å². The Morgan fingerprint density at radius 2 is 2.05 bits per heavy atom. The second kappa shape index (κ2) is 6.82. The van der Waals surface area contributed by atoms with Crippen molar-refractivity contribution in [1.82, 2.24) is 15.4 Å². The maximum atomic E-state index is 5.64. The van der Waals surface area contributed by atoms with Gasteiger partial charge in [-0.3, -0.25) is 21.2 Å². The standard InChI is InChI=1S/C14H18N4O/c1-2-19-13-8-12(9-17-10-13)14(18-15)7-11-3-5-16-6-4-11/h3-6,8-10,14,18H,2,7,15H2,1H3. The van der Waals surface area contributed by atoms with E-state index in [4.69, 9.17) is 10.6 Å². The summed E-state index contributed by atoms with van der Waals surface area (Å²) in [5, 5.41) is 0. The number of rotatable bonds is 6. The average molecular weight is 258 g/mol. The van der Waals surface area contributed by atoms with Gasteiger partial charge in [-0.2, -0.15) is 0 Å². The summed E-state index contributed by atoms with van der Waals surface area (Å²) in [6.07, 6.45) is 7.83. The second-order valence-electron chi connectivity index (χ2n) is 4.17. The van der Waals surface area contributed by atoms with Crippen LogP contribution in [0.4, 0.5) is 0 Å². The summed E-state index contributed by atoms with van der Waals surface area (Å²) < 4.78 is 5.45. The van der Waals surface area contributed by atoms with E-state index >= 15 is 0 Å². The van der Waals surface area contributed by atoms with Crippen molar-refractivity contribution in [3.8, 4) is 5.75 Å². The van der Waals surface area contributed by atoms with Crippen LogP contribution in [0.1, 0.15) is 24.1 Å². The quantitative estimate of drug-likeness (QED) is 0.608. The highest BCUT2D eigenvalue weighted by atomic mass is 16.5. The highest BCUT2D eigenvalue weighted by Crippen LogP contribution is 2.20. The fourth-order valence-corrected chi connectivity index (χ4v) is 1.90. The third-order valence-corrected chi connectivity index (χ3v) is 2.84. The lowest BCUT2D eigenvalue weighted by atomic mass is 10.0. The Balaban J connectivity index is 2.15. The van der Waals surface area contributed by atoms with E-state index in [9.17, 15) is 0 Å². The Morgan fingerprint density at radius 3 is 2.74 bits per heavy atom. The number of nitrogens with one attached hydrogen (secondary N) is 1. The molecule has 1 atom stereocenters. The predicted octanol–water partition coefficient (Wildman–Crippen LogP) is 1.62. The van der Waals surface area contributed by atoms with E-state index in [1.165, 1.54) is 5.56 Å². The number of hydrogen-bond acceptors (Lipinski definition) is 5. The fourth-order valence-electron chi connectivity index (χ4n) is 1.90. The summed E-state index contributed by atoms with van der Waals surface area (Å²) in [5.41, 5.74) is 4.99. The van der Waals surface area contributed by atoms with Crippen LogP contribution in [0.15, 0.2) is 43.0 Å². The van der Waals surface area contributed by atoms with E-state index in [0.717, 1.165) is 17.7 Å². The van der Waals surface area contributed by atoms with Gasteiger partial charge < -0.3 is 4.74 Å². The minimum absolute atomic E-state index is 0.00435. The normalized spacial score (nSPS) is 12.1. The topological polar surface area (TPSA) is 73.1 Å². The van der Waals surface area contributed by atoms with E-state index in [1.807, 2.05) is 25.1 Å². The molecular formula is C14H18N4O. The zero-order valence-corrected chi connectivity index (χ0v) is 10.9. The van der Waals surface area contributed by atoms with Gasteiger partial charge in [0.2, 0.25) is 0 Å². The zero-order chi connectivity index (χ0) is 13.5. The molecule has 0 aliphatic heterocycles. The Hall–Kier alpha value is -1.98. The zero-order valence-electron chi connectivity index (χ0n) is 10.9. The van der Waals surface area contributed by atoms with E-state index in [1.54, 1.807) is 24.8 Å². The third kappa shape index (κ3) is 3.74. The minimum atomic E-state index is -0.00435. The van der Waals surface area contributed by atoms with Crippen LogP contribution in [0.2, 0.25) is 0 Å². The summed E-state index contributed by atoms with van der Waals surface area (Å²) in [6.45, 7) is 2.57. The molecule has 2 rings (SSSR count). The molecule has 2 aromatic heterocycles. The van der Waals surface area contributed by atoms with Gasteiger partial charge in [0.25, 0.3) is 0 Å². The molecule has 0 amide bonds. The Labute approximate surface area is 112 Å². The summed E-state index contributed by atoms with van der Waals surface area (Å²) in [5.74, 6) is 6.40. The van der Waals surface area contributed by atoms with Gasteiger partial charge in [0.15, 0.2) is 0 Å². The highest BCUT2D eigenvalue weighted by Gasteiger charge is 2.12. The molecule has 0 fully saturated rings. The average Bonchev–Trinajstić information content (AvgIpc) is 2.46. The SMILES string of the molecule is CCOc1cncc(C(Cc2ccncc2)NN)c1. The molecule has 2 aromatic rings. The van der Waals surface area contributed by atoms with Gasteiger partial charge in [0.1, 0.15) is 5.75 Å². The molecule has 5 nitrogen and oxygen atoms in total. The van der Waals surface area contributed by atoms with Crippen LogP contribution in [-0.2, 0) is 6.42 Å². The maximum Gasteiger partial charge on any atom is 0.137 e. The van der Waals surface area contributed by atoms with E-state index in [-0.39, 0.29) is 6.04 Å². The maximum absolute atomic E-state index is 5.64. The molecule has 5 heteroatoms. The summed E-state index contributed by atoms with van der Waals surface area (Å²) in [7, 11) is 0. The molecule has 1 unspecified atom stereocenters. The minimum Gasteiger partial charge on any atom is -0.492 e.